The van der Waals surface area contributed by atoms with Gasteiger partial charge >= 0.3 is 5.97 Å². The fourth-order valence-corrected chi connectivity index (χ4v) is 2.70. The van der Waals surface area contributed by atoms with Crippen molar-refractivity contribution in [2.24, 2.45) is 0 Å². The number of aromatic carboxylic acids is 1. The largest absolute Gasteiger partial charge is 0.495 e. The Bertz CT molecular complexity index is 700. The zero-order chi connectivity index (χ0) is 15.6. The summed E-state index contributed by atoms with van der Waals surface area (Å²) in [6.45, 7) is 0. The quantitative estimate of drug-likeness (QED) is 0.902. The number of hydrogen-bond donors (Lipinski definition) is 1. The highest BCUT2D eigenvalue weighted by atomic mass is 79.9. The Balaban J connectivity index is 2.75. The van der Waals surface area contributed by atoms with Crippen LogP contribution in [0.25, 0.3) is 11.1 Å². The first kappa shape index (κ1) is 15.3. The molecule has 0 fully saturated rings. The highest BCUT2D eigenvalue weighted by Crippen LogP contribution is 2.43. The Morgan fingerprint density at radius 2 is 1.86 bits per heavy atom. The van der Waals surface area contributed by atoms with E-state index in [9.17, 15) is 14.3 Å². The van der Waals surface area contributed by atoms with E-state index in [1.807, 2.05) is 0 Å². The van der Waals surface area contributed by atoms with Crippen LogP contribution in [0.1, 0.15) is 10.4 Å². The van der Waals surface area contributed by atoms with Crippen LogP contribution in [0, 0.1) is 5.82 Å². The van der Waals surface area contributed by atoms with Crippen LogP contribution in [0.4, 0.5) is 4.39 Å². The molecule has 0 saturated carbocycles. The number of halogens is 2. The molecule has 0 aromatic heterocycles. The van der Waals surface area contributed by atoms with Crippen LogP contribution in [0.3, 0.4) is 0 Å². The number of carbonyl (C=O) groups is 1. The summed E-state index contributed by atoms with van der Waals surface area (Å²) in [6.07, 6.45) is 0. The minimum absolute atomic E-state index is 0.00762. The summed E-state index contributed by atoms with van der Waals surface area (Å²) in [7, 11) is 2.95. The van der Waals surface area contributed by atoms with Gasteiger partial charge in [-0.25, -0.2) is 9.18 Å². The van der Waals surface area contributed by atoms with Crippen molar-refractivity contribution < 1.29 is 23.8 Å². The maximum atomic E-state index is 13.5. The minimum atomic E-state index is -1.14. The molecule has 1 N–H and O–H groups in total. The third-order valence-corrected chi connectivity index (χ3v) is 3.74. The van der Waals surface area contributed by atoms with Crippen molar-refractivity contribution in [3.05, 3.63) is 46.2 Å². The van der Waals surface area contributed by atoms with Gasteiger partial charge in [-0.1, -0.05) is 0 Å². The van der Waals surface area contributed by atoms with Gasteiger partial charge in [0, 0.05) is 11.1 Å². The van der Waals surface area contributed by atoms with Crippen LogP contribution in [0.2, 0.25) is 0 Å². The SMILES string of the molecule is COc1ccc(-c2cc(F)ccc2C(=O)O)c(OC)c1Br. The van der Waals surface area contributed by atoms with Crippen LogP contribution in [0.15, 0.2) is 34.8 Å². The van der Waals surface area contributed by atoms with Gasteiger partial charge in [0.15, 0.2) is 0 Å². The average molecular weight is 355 g/mol. The third kappa shape index (κ3) is 2.85. The summed E-state index contributed by atoms with van der Waals surface area (Å²) in [5.74, 6) is -0.755. The lowest BCUT2D eigenvalue weighted by Gasteiger charge is -2.15. The van der Waals surface area contributed by atoms with Crippen molar-refractivity contribution in [2.45, 2.75) is 0 Å². The Labute approximate surface area is 129 Å². The maximum Gasteiger partial charge on any atom is 0.336 e. The molecule has 0 aliphatic rings. The predicted molar refractivity (Wildman–Crippen MR) is 79.6 cm³/mol. The molecule has 0 heterocycles. The lowest BCUT2D eigenvalue weighted by Crippen LogP contribution is -2.02. The second kappa shape index (κ2) is 6.13. The molecular weight excluding hydrogens is 343 g/mol. The van der Waals surface area contributed by atoms with Crippen LogP contribution in [-0.2, 0) is 0 Å². The summed E-state index contributed by atoms with van der Waals surface area (Å²) in [4.78, 5) is 11.3. The van der Waals surface area contributed by atoms with Gasteiger partial charge in [-0.3, -0.25) is 0 Å². The Hall–Kier alpha value is -2.08. The molecule has 0 spiro atoms. The summed E-state index contributed by atoms with van der Waals surface area (Å²) in [5.41, 5.74) is 0.691. The molecule has 6 heteroatoms. The smallest absolute Gasteiger partial charge is 0.336 e. The van der Waals surface area contributed by atoms with Crippen LogP contribution < -0.4 is 9.47 Å². The first-order valence-corrected chi connectivity index (χ1v) is 6.72. The van der Waals surface area contributed by atoms with E-state index in [0.717, 1.165) is 6.07 Å². The number of methoxy groups -OCH3 is 2. The molecule has 0 amide bonds. The molecule has 0 bridgehead atoms. The van der Waals surface area contributed by atoms with Crippen molar-refractivity contribution in [3.63, 3.8) is 0 Å². The molecule has 0 saturated heterocycles. The zero-order valence-corrected chi connectivity index (χ0v) is 12.9. The van der Waals surface area contributed by atoms with Crippen LogP contribution >= 0.6 is 15.9 Å². The van der Waals surface area contributed by atoms with Gasteiger partial charge in [0.2, 0.25) is 0 Å². The summed E-state index contributed by atoms with van der Waals surface area (Å²) in [6, 6.07) is 6.78. The lowest BCUT2D eigenvalue weighted by molar-refractivity contribution is 0.0697. The second-order valence-corrected chi connectivity index (χ2v) is 4.95. The van der Waals surface area contributed by atoms with Crippen molar-refractivity contribution in [1.82, 2.24) is 0 Å². The summed E-state index contributed by atoms with van der Waals surface area (Å²) in [5, 5.41) is 9.25. The monoisotopic (exact) mass is 354 g/mol. The van der Waals surface area contributed by atoms with Crippen molar-refractivity contribution >= 4 is 21.9 Å². The van der Waals surface area contributed by atoms with E-state index >= 15 is 0 Å². The van der Waals surface area contributed by atoms with Crippen molar-refractivity contribution in [2.75, 3.05) is 14.2 Å². The lowest BCUT2D eigenvalue weighted by atomic mass is 9.98. The number of carboxylic acid groups (broad SMARTS) is 1. The minimum Gasteiger partial charge on any atom is -0.495 e. The van der Waals surface area contributed by atoms with E-state index in [1.165, 1.54) is 26.4 Å². The fourth-order valence-electron chi connectivity index (χ4n) is 2.03. The topological polar surface area (TPSA) is 55.8 Å². The van der Waals surface area contributed by atoms with Gasteiger partial charge in [0.05, 0.1) is 19.8 Å². The Morgan fingerprint density at radius 3 is 2.43 bits per heavy atom. The van der Waals surface area contributed by atoms with E-state index in [-0.39, 0.29) is 11.1 Å². The number of benzene rings is 2. The number of hydrogen-bond acceptors (Lipinski definition) is 3. The van der Waals surface area contributed by atoms with E-state index in [1.54, 1.807) is 12.1 Å². The summed E-state index contributed by atoms with van der Waals surface area (Å²) < 4.78 is 24.5. The molecule has 0 radical (unpaired) electrons. The van der Waals surface area contributed by atoms with Gasteiger partial charge in [-0.15, -0.1) is 0 Å². The van der Waals surface area contributed by atoms with Gasteiger partial charge in [-0.05, 0) is 46.3 Å². The molecule has 0 aliphatic heterocycles. The molecule has 0 atom stereocenters. The first-order valence-electron chi connectivity index (χ1n) is 5.93. The standard InChI is InChI=1S/C15H12BrFO4/c1-20-12-6-5-9(14(21-2)13(12)16)11-7-8(17)3-4-10(11)15(18)19/h3-7H,1-2H3,(H,18,19). The van der Waals surface area contributed by atoms with Gasteiger partial charge < -0.3 is 14.6 Å². The number of rotatable bonds is 4. The normalized spacial score (nSPS) is 10.3. The second-order valence-electron chi connectivity index (χ2n) is 4.16. The van der Waals surface area contributed by atoms with E-state index in [4.69, 9.17) is 9.47 Å². The molecule has 2 rings (SSSR count). The van der Waals surface area contributed by atoms with Gasteiger partial charge in [0.1, 0.15) is 21.8 Å². The van der Waals surface area contributed by atoms with E-state index in [0.29, 0.717) is 21.5 Å². The molecule has 21 heavy (non-hydrogen) atoms. The third-order valence-electron chi connectivity index (χ3n) is 2.99. The molecule has 2 aromatic rings. The number of carboxylic acids is 1. The molecule has 0 unspecified atom stereocenters. The molecule has 4 nitrogen and oxygen atoms in total. The Morgan fingerprint density at radius 1 is 1.14 bits per heavy atom. The van der Waals surface area contributed by atoms with Crippen LogP contribution in [-0.4, -0.2) is 25.3 Å². The van der Waals surface area contributed by atoms with E-state index < -0.39 is 11.8 Å². The van der Waals surface area contributed by atoms with Gasteiger partial charge in [-0.2, -0.15) is 0 Å². The highest BCUT2D eigenvalue weighted by Gasteiger charge is 2.19. The van der Waals surface area contributed by atoms with Crippen LogP contribution in [0.5, 0.6) is 11.5 Å². The predicted octanol–water partition coefficient (Wildman–Crippen LogP) is 3.97. The summed E-state index contributed by atoms with van der Waals surface area (Å²) >= 11 is 3.34. The maximum absolute atomic E-state index is 13.5. The number of ether oxygens (including phenoxy) is 2. The molecule has 2 aromatic carbocycles. The van der Waals surface area contributed by atoms with Gasteiger partial charge in [0.25, 0.3) is 0 Å². The zero-order valence-electron chi connectivity index (χ0n) is 11.3. The fraction of sp³-hybridized carbons (Fsp3) is 0.133. The van der Waals surface area contributed by atoms with Crippen molar-refractivity contribution in [1.29, 1.82) is 0 Å². The molecule has 110 valence electrons. The van der Waals surface area contributed by atoms with Crippen molar-refractivity contribution in [3.8, 4) is 22.6 Å². The molecule has 0 aliphatic carbocycles. The first-order chi connectivity index (χ1) is 9.99. The average Bonchev–Trinajstić information content (AvgIpc) is 2.46. The van der Waals surface area contributed by atoms with E-state index in [2.05, 4.69) is 15.9 Å². The Kier molecular flexibility index (Phi) is 4.47. The highest BCUT2D eigenvalue weighted by molar-refractivity contribution is 9.10. The molecular formula is C15H12BrFO4.